The van der Waals surface area contributed by atoms with Crippen molar-refractivity contribution in [2.24, 2.45) is 27.9 Å². The first kappa shape index (κ1) is 35.4. The van der Waals surface area contributed by atoms with Gasteiger partial charge in [-0.05, 0) is 63.6 Å². The van der Waals surface area contributed by atoms with Crippen molar-refractivity contribution in [3.63, 3.8) is 0 Å². The van der Waals surface area contributed by atoms with Crippen LogP contribution in [-0.4, -0.2) is 23.5 Å². The maximum Gasteiger partial charge on any atom is 0.138 e. The topological polar surface area (TPSA) is 152 Å². The second kappa shape index (κ2) is 19.4. The zero-order chi connectivity index (χ0) is 32.3. The highest BCUT2D eigenvalue weighted by Gasteiger charge is 2.17. The Morgan fingerprint density at radius 1 is 1.18 bits per heavy atom. The van der Waals surface area contributed by atoms with Crippen molar-refractivity contribution in [1.82, 2.24) is 4.98 Å². The van der Waals surface area contributed by atoms with Crippen LogP contribution in [0.15, 0.2) is 130 Å². The molecule has 0 radical (unpaired) electrons. The maximum absolute atomic E-state index is 6.40. The lowest BCUT2D eigenvalue weighted by molar-refractivity contribution is 0.287. The van der Waals surface area contributed by atoms with Crippen LogP contribution in [0.3, 0.4) is 0 Å². The van der Waals surface area contributed by atoms with E-state index in [4.69, 9.17) is 37.1 Å². The van der Waals surface area contributed by atoms with Crippen molar-refractivity contribution in [3.05, 3.63) is 126 Å². The highest BCUT2D eigenvalue weighted by Crippen LogP contribution is 2.33. The van der Waals surface area contributed by atoms with E-state index in [1.165, 1.54) is 11.8 Å². The number of nitrogens with zero attached hydrogens (tertiary/aromatic N) is 2. The second-order valence-corrected chi connectivity index (χ2v) is 9.75. The number of furan rings is 1. The van der Waals surface area contributed by atoms with E-state index < -0.39 is 0 Å². The zero-order valence-electron chi connectivity index (χ0n) is 26.7. The molecule has 0 aliphatic heterocycles. The van der Waals surface area contributed by atoms with E-state index in [9.17, 15) is 0 Å². The molecule has 0 aromatic carbocycles. The summed E-state index contributed by atoms with van der Waals surface area (Å²) in [6.45, 7) is 10.1. The number of ether oxygens (including phenoxy) is 1. The lowest BCUT2D eigenvalue weighted by Crippen LogP contribution is -2.28. The highest BCUT2D eigenvalue weighted by molar-refractivity contribution is 6.04. The Bertz CT molecular complexity index is 1460. The fourth-order valence-electron chi connectivity index (χ4n) is 4.15. The number of amidine groups is 1. The summed E-state index contributed by atoms with van der Waals surface area (Å²) in [5.74, 6) is 0.991. The number of hydrogen-bond donors (Lipinski definition) is 4. The molecule has 4 rings (SSSR count). The van der Waals surface area contributed by atoms with Crippen molar-refractivity contribution >= 4 is 11.4 Å². The third kappa shape index (κ3) is 11.1. The van der Waals surface area contributed by atoms with Crippen LogP contribution in [0.1, 0.15) is 59.4 Å². The molecule has 0 fully saturated rings. The van der Waals surface area contributed by atoms with Gasteiger partial charge in [-0.1, -0.05) is 74.1 Å². The number of rotatable bonds is 9. The number of allylic oxidation sites excluding steroid dienone is 11. The minimum Gasteiger partial charge on any atom is -0.490 e. The van der Waals surface area contributed by atoms with Crippen molar-refractivity contribution in [1.29, 1.82) is 0 Å². The molecule has 1 atom stereocenters. The van der Waals surface area contributed by atoms with E-state index in [1.807, 2.05) is 83.2 Å². The van der Waals surface area contributed by atoms with E-state index >= 15 is 0 Å². The quantitative estimate of drug-likeness (QED) is 0.176. The first-order valence-electron chi connectivity index (χ1n) is 15.0. The van der Waals surface area contributed by atoms with E-state index in [-0.39, 0.29) is 6.04 Å². The molecule has 8 heteroatoms. The lowest BCUT2D eigenvalue weighted by Gasteiger charge is -2.16. The van der Waals surface area contributed by atoms with Crippen molar-refractivity contribution in [2.75, 3.05) is 6.61 Å². The molecular weight excluding hydrogens is 548 g/mol. The average molecular weight is 597 g/mol. The fraction of sp³-hybridized carbons (Fsp3) is 0.278. The molecule has 2 aliphatic carbocycles. The molecule has 8 nitrogen and oxygen atoms in total. The highest BCUT2D eigenvalue weighted by atomic mass is 16.5. The van der Waals surface area contributed by atoms with E-state index in [1.54, 1.807) is 24.8 Å². The summed E-state index contributed by atoms with van der Waals surface area (Å²) in [6, 6.07) is 3.69. The molecule has 2 aliphatic rings. The summed E-state index contributed by atoms with van der Waals surface area (Å²) in [4.78, 5) is 9.23. The molecule has 0 saturated carbocycles. The van der Waals surface area contributed by atoms with Gasteiger partial charge in [0.25, 0.3) is 0 Å². The van der Waals surface area contributed by atoms with Crippen LogP contribution in [0.2, 0.25) is 0 Å². The molecule has 0 bridgehead atoms. The Balaban J connectivity index is 0.00000104. The predicted octanol–water partition coefficient (Wildman–Crippen LogP) is 7.22. The number of nitrogens with two attached hydrogens (primary N) is 4. The van der Waals surface area contributed by atoms with Crippen LogP contribution in [0.4, 0.5) is 0 Å². The third-order valence-electron chi connectivity index (χ3n) is 6.47. The minimum atomic E-state index is -0.154. The summed E-state index contributed by atoms with van der Waals surface area (Å²) >= 11 is 0. The fourth-order valence-corrected chi connectivity index (χ4v) is 4.15. The van der Waals surface area contributed by atoms with Gasteiger partial charge in [-0.3, -0.25) is 4.98 Å². The van der Waals surface area contributed by atoms with Crippen LogP contribution < -0.4 is 27.7 Å². The van der Waals surface area contributed by atoms with Crippen molar-refractivity contribution in [3.8, 4) is 17.0 Å². The number of pyridine rings is 1. The Hall–Kier alpha value is -4.82. The zero-order valence-corrected chi connectivity index (χ0v) is 26.7. The largest absolute Gasteiger partial charge is 0.490 e. The van der Waals surface area contributed by atoms with Gasteiger partial charge < -0.3 is 32.1 Å². The Labute approximate surface area is 262 Å². The second-order valence-electron chi connectivity index (χ2n) is 9.75. The minimum absolute atomic E-state index is 0.154. The van der Waals surface area contributed by atoms with Crippen LogP contribution in [0.5, 0.6) is 5.75 Å². The molecule has 0 amide bonds. The van der Waals surface area contributed by atoms with Crippen LogP contribution in [0.25, 0.3) is 16.8 Å². The van der Waals surface area contributed by atoms with E-state index in [0.29, 0.717) is 35.9 Å². The van der Waals surface area contributed by atoms with E-state index in [2.05, 4.69) is 23.2 Å². The molecule has 1 unspecified atom stereocenters. The van der Waals surface area contributed by atoms with Gasteiger partial charge in [-0.15, -0.1) is 0 Å². The van der Waals surface area contributed by atoms with Crippen molar-refractivity contribution in [2.45, 2.75) is 59.9 Å². The first-order valence-corrected chi connectivity index (χ1v) is 15.0. The molecular formula is C36H48N6O2. The molecule has 2 aromatic heterocycles. The maximum atomic E-state index is 6.40. The molecule has 0 spiro atoms. The number of aliphatic imine (C=N–C) groups is 1. The summed E-state index contributed by atoms with van der Waals surface area (Å²) in [7, 11) is 0. The molecule has 44 heavy (non-hydrogen) atoms. The molecule has 2 aromatic rings. The monoisotopic (exact) mass is 596 g/mol. The summed E-state index contributed by atoms with van der Waals surface area (Å²) < 4.78 is 11.5. The molecule has 2 heterocycles. The smallest absolute Gasteiger partial charge is 0.138 e. The Morgan fingerprint density at radius 2 is 1.95 bits per heavy atom. The van der Waals surface area contributed by atoms with Gasteiger partial charge in [0.05, 0.1) is 24.4 Å². The average Bonchev–Trinajstić information content (AvgIpc) is 3.36. The SMILES string of the molecule is C/C=C(\C)N=C(N)C1=C(N)CC=CC(c2cc(OCC(N)CC3=CCC=CC=C3)cnc2-c2ccoc2)=C1.C/C=C\N.CC. The van der Waals surface area contributed by atoms with Crippen LogP contribution >= 0.6 is 0 Å². The van der Waals surface area contributed by atoms with Gasteiger partial charge in [-0.25, -0.2) is 4.99 Å². The molecule has 234 valence electrons. The van der Waals surface area contributed by atoms with Gasteiger partial charge in [0.2, 0.25) is 0 Å². The normalized spacial score (nSPS) is 15.8. The van der Waals surface area contributed by atoms with Gasteiger partial charge in [-0.2, -0.15) is 0 Å². The lowest BCUT2D eigenvalue weighted by atomic mass is 9.98. The summed E-state index contributed by atoms with van der Waals surface area (Å²) in [5.41, 5.74) is 30.7. The number of aromatic nitrogens is 1. The van der Waals surface area contributed by atoms with Crippen LogP contribution in [0, 0.1) is 0 Å². The van der Waals surface area contributed by atoms with Gasteiger partial charge in [0.1, 0.15) is 18.2 Å². The summed E-state index contributed by atoms with van der Waals surface area (Å²) in [6.07, 6.45) is 28.9. The predicted molar refractivity (Wildman–Crippen MR) is 185 cm³/mol. The van der Waals surface area contributed by atoms with E-state index in [0.717, 1.165) is 40.9 Å². The Kier molecular flexibility index (Phi) is 15.6. The molecule has 0 saturated heterocycles. The molecule has 8 N–H and O–H groups in total. The van der Waals surface area contributed by atoms with Crippen molar-refractivity contribution < 1.29 is 9.15 Å². The van der Waals surface area contributed by atoms with Gasteiger partial charge >= 0.3 is 0 Å². The third-order valence-corrected chi connectivity index (χ3v) is 6.47. The standard InChI is InChI=1S/C31H35N5O2.C3H7N.C2H6/c1-3-21(2)36-31(34)28-16-23(11-8-12-29(28)33)27-17-26(18-35-30(27)24-13-14-37-19-24)38-20-25(32)15-22-9-6-4-5-7-10-22;1-2-3-4;1-2/h3-6,8-11,13-14,16-19,25H,7,12,15,20,32-33H2,1-2H3,(H2,34,36);2-3H,4H2,1H3;1-2H3/b21-3+;3-2-;. The van der Waals surface area contributed by atoms with Crippen LogP contribution in [-0.2, 0) is 0 Å². The first-order chi connectivity index (χ1) is 21.4. The summed E-state index contributed by atoms with van der Waals surface area (Å²) in [5, 5.41) is 0. The van der Waals surface area contributed by atoms with Gasteiger partial charge in [0, 0.05) is 40.6 Å². The van der Waals surface area contributed by atoms with Gasteiger partial charge in [0.15, 0.2) is 0 Å². The number of hydrogen-bond acceptors (Lipinski definition) is 7. The Morgan fingerprint density at radius 3 is 2.64 bits per heavy atom.